The number of rotatable bonds is 3. The van der Waals surface area contributed by atoms with E-state index in [9.17, 15) is 22.8 Å². The van der Waals surface area contributed by atoms with Crippen LogP contribution in [-0.2, 0) is 11.3 Å². The molecule has 6 rings (SSSR count). The first kappa shape index (κ1) is 33.1. The second-order valence-electron chi connectivity index (χ2n) is 10.5. The molecule has 12 nitrogen and oxygen atoms in total. The van der Waals surface area contributed by atoms with Gasteiger partial charge in [0.2, 0.25) is 11.9 Å². The minimum atomic E-state index is -4.58. The Bertz CT molecular complexity index is 1410. The topological polar surface area (TPSA) is 140 Å². The Hall–Kier alpha value is -4.82. The molecule has 0 spiro atoms. The van der Waals surface area contributed by atoms with Crippen molar-refractivity contribution in [3.63, 3.8) is 0 Å². The van der Waals surface area contributed by atoms with Crippen LogP contribution in [-0.4, -0.2) is 77.0 Å². The van der Waals surface area contributed by atoms with E-state index in [1.807, 2.05) is 12.1 Å². The highest BCUT2D eigenvalue weighted by Crippen LogP contribution is 2.21. The predicted octanol–water partition coefficient (Wildman–Crippen LogP) is 5.31. The predicted molar refractivity (Wildman–Crippen MR) is 160 cm³/mol. The van der Waals surface area contributed by atoms with Crippen molar-refractivity contribution in [2.45, 2.75) is 51.9 Å². The highest BCUT2D eigenvalue weighted by molar-refractivity contribution is 5.94. The maximum atomic E-state index is 12.8. The third kappa shape index (κ3) is 11.3. The Morgan fingerprint density at radius 2 is 1.67 bits per heavy atom. The van der Waals surface area contributed by atoms with Gasteiger partial charge in [0.15, 0.2) is 6.61 Å². The molecule has 1 aromatic heterocycles. The number of ether oxygens (including phenoxy) is 3. The first-order valence-electron chi connectivity index (χ1n) is 14.6. The van der Waals surface area contributed by atoms with Crippen LogP contribution in [0.15, 0.2) is 48.5 Å². The lowest BCUT2D eigenvalue weighted by atomic mass is 10.2. The summed E-state index contributed by atoms with van der Waals surface area (Å²) in [6.45, 7) is 3.96. The van der Waals surface area contributed by atoms with Crippen molar-refractivity contribution in [3.05, 3.63) is 59.7 Å². The SMILES string of the molecule is CC(C)OC(=O)N1CCCCOc2ccc(cc2)CNc2nc(nc(OCC(F)(F)F)n2)Nc2ccc(cc2)C(=O)NCCC1. The number of benzene rings is 2. The molecule has 4 heterocycles. The lowest BCUT2D eigenvalue weighted by molar-refractivity contribution is -0.154. The number of carbonyl (C=O) groups excluding carboxylic acids is 2. The number of halogens is 3. The Labute approximate surface area is 258 Å². The third-order valence-electron chi connectivity index (χ3n) is 6.33. The molecule has 0 unspecified atom stereocenters. The number of aromatic nitrogens is 3. The molecule has 15 heteroatoms. The standard InChI is InChI=1S/C30H36F3N7O5/c1-20(2)45-29(42)40-15-3-4-17-43-24-12-6-21(7-13-24)18-35-26-37-27(39-28(38-26)44-19-30(31,32)33)36-23-10-8-22(9-11-23)25(41)34-14-5-16-40/h6-13,20H,3-5,14-19H2,1-2H3,(H,34,41)(H2,35,36,37,38,39). The fourth-order valence-electron chi connectivity index (χ4n) is 4.16. The Balaban J connectivity index is 1.51. The monoisotopic (exact) mass is 631 g/mol. The fourth-order valence-corrected chi connectivity index (χ4v) is 4.16. The van der Waals surface area contributed by atoms with E-state index in [2.05, 4.69) is 30.9 Å². The van der Waals surface area contributed by atoms with Crippen LogP contribution in [0.25, 0.3) is 0 Å². The average Bonchev–Trinajstić information content (AvgIpc) is 2.99. The molecule has 0 atom stereocenters. The van der Waals surface area contributed by atoms with Gasteiger partial charge in [0, 0.05) is 37.4 Å². The molecule has 0 radical (unpaired) electrons. The fraction of sp³-hybridized carbons (Fsp3) is 0.433. The molecule has 0 saturated heterocycles. The quantitative estimate of drug-likeness (QED) is 0.349. The van der Waals surface area contributed by atoms with E-state index in [0.717, 1.165) is 5.56 Å². The van der Waals surface area contributed by atoms with E-state index in [1.54, 1.807) is 55.1 Å². The largest absolute Gasteiger partial charge is 0.494 e. The molecule has 0 saturated carbocycles. The van der Waals surface area contributed by atoms with Gasteiger partial charge in [0.05, 0.1) is 12.7 Å². The molecule has 3 aliphatic rings. The maximum absolute atomic E-state index is 12.8. The van der Waals surface area contributed by atoms with Gasteiger partial charge in [0.1, 0.15) is 5.75 Å². The number of hydrogen-bond donors (Lipinski definition) is 3. The molecular formula is C30H36F3N7O5. The van der Waals surface area contributed by atoms with Crippen molar-refractivity contribution >= 4 is 29.6 Å². The number of alkyl halides is 3. The molecule has 2 amide bonds. The maximum Gasteiger partial charge on any atom is 0.422 e. The van der Waals surface area contributed by atoms with E-state index in [-0.39, 0.29) is 30.5 Å². The van der Waals surface area contributed by atoms with Crippen molar-refractivity contribution < 1.29 is 37.0 Å². The molecule has 45 heavy (non-hydrogen) atoms. The molecule has 2 aromatic carbocycles. The van der Waals surface area contributed by atoms with Crippen LogP contribution in [0.5, 0.6) is 11.8 Å². The summed E-state index contributed by atoms with van der Waals surface area (Å²) in [4.78, 5) is 39.1. The molecular weight excluding hydrogens is 595 g/mol. The van der Waals surface area contributed by atoms with E-state index in [1.165, 1.54) is 0 Å². The highest BCUT2D eigenvalue weighted by Gasteiger charge is 2.29. The van der Waals surface area contributed by atoms with Gasteiger partial charge in [-0.3, -0.25) is 4.79 Å². The zero-order valence-corrected chi connectivity index (χ0v) is 25.0. The van der Waals surface area contributed by atoms with Crippen LogP contribution >= 0.6 is 0 Å². The molecule has 0 fully saturated rings. The zero-order valence-electron chi connectivity index (χ0n) is 25.0. The zero-order chi connectivity index (χ0) is 32.2. The minimum absolute atomic E-state index is 0.00200. The summed E-state index contributed by atoms with van der Waals surface area (Å²) in [6, 6.07) is 13.2. The van der Waals surface area contributed by atoms with Gasteiger partial charge in [-0.05, 0) is 75.1 Å². The van der Waals surface area contributed by atoms with Crippen molar-refractivity contribution in [3.8, 4) is 11.8 Å². The lowest BCUT2D eigenvalue weighted by Crippen LogP contribution is -2.36. The highest BCUT2D eigenvalue weighted by atomic mass is 19.4. The normalized spacial score (nSPS) is 15.2. The lowest BCUT2D eigenvalue weighted by Gasteiger charge is -2.23. The van der Waals surface area contributed by atoms with Crippen LogP contribution in [0.4, 0.5) is 35.5 Å². The Morgan fingerprint density at radius 3 is 2.38 bits per heavy atom. The van der Waals surface area contributed by atoms with Crippen molar-refractivity contribution in [1.29, 1.82) is 0 Å². The van der Waals surface area contributed by atoms with Crippen LogP contribution < -0.4 is 25.4 Å². The number of amides is 2. The number of nitrogens with zero attached hydrogens (tertiary/aromatic N) is 4. The van der Waals surface area contributed by atoms with Crippen molar-refractivity contribution in [2.75, 3.05) is 43.5 Å². The Morgan fingerprint density at radius 1 is 0.956 bits per heavy atom. The van der Waals surface area contributed by atoms with Gasteiger partial charge in [-0.2, -0.15) is 28.1 Å². The molecule has 3 N–H and O–H groups in total. The number of anilines is 3. The van der Waals surface area contributed by atoms with Crippen LogP contribution in [0.3, 0.4) is 0 Å². The van der Waals surface area contributed by atoms with E-state index in [4.69, 9.17) is 14.2 Å². The summed E-state index contributed by atoms with van der Waals surface area (Å²) >= 11 is 0. The van der Waals surface area contributed by atoms with Crippen LogP contribution in [0.2, 0.25) is 0 Å². The second kappa shape index (κ2) is 15.8. The van der Waals surface area contributed by atoms with E-state index >= 15 is 0 Å². The number of nitrogens with one attached hydrogen (secondary N) is 3. The Kier molecular flexibility index (Phi) is 11.6. The van der Waals surface area contributed by atoms with Gasteiger partial charge < -0.3 is 35.1 Å². The second-order valence-corrected chi connectivity index (χ2v) is 10.5. The first-order chi connectivity index (χ1) is 21.5. The summed E-state index contributed by atoms with van der Waals surface area (Å²) in [5.41, 5.74) is 1.71. The van der Waals surface area contributed by atoms with Gasteiger partial charge in [-0.15, -0.1) is 0 Å². The summed E-state index contributed by atoms with van der Waals surface area (Å²) in [6.07, 6.45) is -3.30. The third-order valence-corrected chi connectivity index (χ3v) is 6.33. The number of hydrogen-bond acceptors (Lipinski definition) is 10. The summed E-state index contributed by atoms with van der Waals surface area (Å²) in [7, 11) is 0. The number of carbonyl (C=O) groups is 2. The molecule has 242 valence electrons. The van der Waals surface area contributed by atoms with Crippen molar-refractivity contribution in [1.82, 2.24) is 25.2 Å². The first-order valence-corrected chi connectivity index (χ1v) is 14.6. The molecule has 3 aromatic rings. The summed E-state index contributed by atoms with van der Waals surface area (Å²) < 4.78 is 54.4. The number of fused-ring (bicyclic) bond motifs is 2. The minimum Gasteiger partial charge on any atom is -0.494 e. The molecule has 6 bridgehead atoms. The van der Waals surface area contributed by atoms with Gasteiger partial charge >= 0.3 is 18.3 Å². The van der Waals surface area contributed by atoms with Crippen LogP contribution in [0.1, 0.15) is 49.0 Å². The van der Waals surface area contributed by atoms with E-state index in [0.29, 0.717) is 62.5 Å². The summed E-state index contributed by atoms with van der Waals surface area (Å²) in [5.74, 6) is 0.299. The molecule has 0 aliphatic carbocycles. The molecule has 3 aliphatic heterocycles. The smallest absolute Gasteiger partial charge is 0.422 e. The van der Waals surface area contributed by atoms with Gasteiger partial charge in [-0.1, -0.05) is 12.1 Å². The van der Waals surface area contributed by atoms with Crippen molar-refractivity contribution in [2.24, 2.45) is 0 Å². The summed E-state index contributed by atoms with van der Waals surface area (Å²) in [5, 5.41) is 8.73. The van der Waals surface area contributed by atoms with Crippen LogP contribution in [0, 0.1) is 0 Å². The van der Waals surface area contributed by atoms with Gasteiger partial charge in [0.25, 0.3) is 5.91 Å². The van der Waals surface area contributed by atoms with E-state index < -0.39 is 24.9 Å². The van der Waals surface area contributed by atoms with Gasteiger partial charge in [-0.25, -0.2) is 4.79 Å². The average molecular weight is 632 g/mol.